The van der Waals surface area contributed by atoms with Crippen molar-refractivity contribution >= 4 is 23.9 Å². The molecule has 0 spiro atoms. The van der Waals surface area contributed by atoms with Gasteiger partial charge in [0, 0.05) is 17.6 Å². The maximum absolute atomic E-state index is 12.8. The Morgan fingerprint density at radius 2 is 1.78 bits per heavy atom. The van der Waals surface area contributed by atoms with Crippen molar-refractivity contribution in [3.8, 4) is 5.69 Å². The van der Waals surface area contributed by atoms with Crippen molar-refractivity contribution in [3.63, 3.8) is 0 Å². The van der Waals surface area contributed by atoms with Gasteiger partial charge in [0.25, 0.3) is 11.8 Å². The summed E-state index contributed by atoms with van der Waals surface area (Å²) in [5.41, 5.74) is 1.42. The highest BCUT2D eigenvalue weighted by atomic mass is 16.3. The topological polar surface area (TPSA) is 84.6 Å². The second-order valence-electron chi connectivity index (χ2n) is 5.93. The minimum Gasteiger partial charge on any atom is -0.467 e. The molecule has 3 heterocycles. The van der Waals surface area contributed by atoms with Crippen LogP contribution in [0.1, 0.15) is 11.5 Å². The second kappa shape index (κ2) is 6.80. The number of hydrogen-bond donors (Lipinski definition) is 1. The van der Waals surface area contributed by atoms with E-state index in [0.29, 0.717) is 11.5 Å². The normalized spacial score (nSPS) is 16.1. The number of furan rings is 1. The predicted octanol–water partition coefficient (Wildman–Crippen LogP) is 2.73. The van der Waals surface area contributed by atoms with Gasteiger partial charge in [0.1, 0.15) is 11.3 Å². The minimum atomic E-state index is -0.767. The highest BCUT2D eigenvalue weighted by Crippen LogP contribution is 2.19. The zero-order valence-electron chi connectivity index (χ0n) is 14.2. The van der Waals surface area contributed by atoms with Crippen LogP contribution in [-0.2, 0) is 16.1 Å². The van der Waals surface area contributed by atoms with Gasteiger partial charge in [-0.1, -0.05) is 18.2 Å². The Morgan fingerprint density at radius 3 is 2.52 bits per heavy atom. The van der Waals surface area contributed by atoms with Gasteiger partial charge in [0.15, 0.2) is 0 Å². The third kappa shape index (κ3) is 3.18. The molecule has 4 amide bonds. The Balaban J connectivity index is 1.68. The van der Waals surface area contributed by atoms with E-state index in [0.717, 1.165) is 10.6 Å². The van der Waals surface area contributed by atoms with Gasteiger partial charge in [-0.15, -0.1) is 0 Å². The molecule has 2 aromatic heterocycles. The lowest BCUT2D eigenvalue weighted by Gasteiger charge is -2.25. The molecule has 0 bridgehead atoms. The van der Waals surface area contributed by atoms with Gasteiger partial charge >= 0.3 is 6.03 Å². The summed E-state index contributed by atoms with van der Waals surface area (Å²) in [7, 11) is 0. The van der Waals surface area contributed by atoms with E-state index in [1.54, 1.807) is 18.2 Å². The number of hydrogen-bond acceptors (Lipinski definition) is 4. The molecular formula is C20H15N3O4. The number of benzene rings is 1. The van der Waals surface area contributed by atoms with Gasteiger partial charge in [-0.2, -0.15) is 0 Å². The summed E-state index contributed by atoms with van der Waals surface area (Å²) in [4.78, 5) is 38.1. The fourth-order valence-corrected chi connectivity index (χ4v) is 2.88. The van der Waals surface area contributed by atoms with E-state index >= 15 is 0 Å². The number of imide groups is 2. The first kappa shape index (κ1) is 16.6. The number of barbiturate groups is 1. The lowest BCUT2D eigenvalue weighted by molar-refractivity contribution is -0.130. The molecule has 1 fully saturated rings. The van der Waals surface area contributed by atoms with Crippen LogP contribution in [0.15, 0.2) is 77.0 Å². The number of aromatic nitrogens is 1. The maximum Gasteiger partial charge on any atom is 0.331 e. The molecule has 1 aromatic carbocycles. The molecule has 1 saturated heterocycles. The molecular weight excluding hydrogens is 346 g/mol. The SMILES string of the molecule is O=C1NC(=O)N(Cc2ccco2)C(=O)/C1=C/c1cccn1-c1ccccc1. The van der Waals surface area contributed by atoms with Crippen LogP contribution in [0.5, 0.6) is 0 Å². The summed E-state index contributed by atoms with van der Waals surface area (Å²) < 4.78 is 7.04. The summed E-state index contributed by atoms with van der Waals surface area (Å²) in [6.07, 6.45) is 4.77. The van der Waals surface area contributed by atoms with Crippen molar-refractivity contribution in [2.75, 3.05) is 0 Å². The van der Waals surface area contributed by atoms with Crippen LogP contribution in [-0.4, -0.2) is 27.3 Å². The van der Waals surface area contributed by atoms with Crippen molar-refractivity contribution < 1.29 is 18.8 Å². The van der Waals surface area contributed by atoms with E-state index in [9.17, 15) is 14.4 Å². The van der Waals surface area contributed by atoms with E-state index in [4.69, 9.17) is 4.42 Å². The smallest absolute Gasteiger partial charge is 0.331 e. The molecule has 0 unspecified atom stereocenters. The molecule has 27 heavy (non-hydrogen) atoms. The average molecular weight is 361 g/mol. The van der Waals surface area contributed by atoms with E-state index in [1.165, 1.54) is 12.3 Å². The Labute approximate surface area is 154 Å². The molecule has 0 aliphatic carbocycles. The van der Waals surface area contributed by atoms with Gasteiger partial charge in [-0.25, -0.2) is 4.79 Å². The fraction of sp³-hybridized carbons (Fsp3) is 0.0500. The zero-order valence-corrected chi connectivity index (χ0v) is 14.2. The zero-order chi connectivity index (χ0) is 18.8. The summed E-state index contributed by atoms with van der Waals surface area (Å²) in [5.74, 6) is -0.942. The van der Waals surface area contributed by atoms with Gasteiger partial charge in [0.2, 0.25) is 0 Å². The molecule has 0 radical (unpaired) electrons. The Hall–Kier alpha value is -3.87. The summed E-state index contributed by atoms with van der Waals surface area (Å²) in [5, 5.41) is 2.20. The van der Waals surface area contributed by atoms with Gasteiger partial charge < -0.3 is 8.98 Å². The standard InChI is InChI=1S/C20H15N3O4/c24-18-17(12-15-8-4-10-22(15)14-6-2-1-3-7-14)19(25)23(20(26)21-18)13-16-9-5-11-27-16/h1-12H,13H2,(H,21,24,26)/b17-12+. The Bertz CT molecular complexity index is 1030. The lowest BCUT2D eigenvalue weighted by atomic mass is 10.1. The first-order valence-corrected chi connectivity index (χ1v) is 8.27. The first-order valence-electron chi connectivity index (χ1n) is 8.27. The number of nitrogens with one attached hydrogen (secondary N) is 1. The summed E-state index contributed by atoms with van der Waals surface area (Å²) in [6.45, 7) is -0.0536. The molecule has 1 aliphatic rings. The first-order chi connectivity index (χ1) is 13.1. The monoisotopic (exact) mass is 361 g/mol. The van der Waals surface area contributed by atoms with Crippen molar-refractivity contribution in [3.05, 3.63) is 84.1 Å². The number of carbonyl (C=O) groups is 3. The molecule has 0 saturated carbocycles. The molecule has 7 nitrogen and oxygen atoms in total. The van der Waals surface area contributed by atoms with Gasteiger partial charge in [-0.05, 0) is 42.5 Å². The van der Waals surface area contributed by atoms with Gasteiger partial charge in [0.05, 0.1) is 12.8 Å². The third-order valence-corrected chi connectivity index (χ3v) is 4.19. The van der Waals surface area contributed by atoms with Crippen molar-refractivity contribution in [2.24, 2.45) is 0 Å². The van der Waals surface area contributed by atoms with Crippen molar-refractivity contribution in [1.29, 1.82) is 0 Å². The van der Waals surface area contributed by atoms with Gasteiger partial charge in [-0.3, -0.25) is 19.8 Å². The number of carbonyl (C=O) groups excluding carboxylic acids is 3. The highest BCUT2D eigenvalue weighted by molar-refractivity contribution is 6.30. The number of para-hydroxylation sites is 1. The molecule has 7 heteroatoms. The second-order valence-corrected chi connectivity index (χ2v) is 5.93. The molecule has 0 atom stereocenters. The lowest BCUT2D eigenvalue weighted by Crippen LogP contribution is -2.53. The van der Waals surface area contributed by atoms with Crippen LogP contribution < -0.4 is 5.32 Å². The molecule has 1 N–H and O–H groups in total. The van der Waals surface area contributed by atoms with E-state index in [1.807, 2.05) is 47.2 Å². The highest BCUT2D eigenvalue weighted by Gasteiger charge is 2.36. The minimum absolute atomic E-state index is 0.0536. The quantitative estimate of drug-likeness (QED) is 0.572. The largest absolute Gasteiger partial charge is 0.467 e. The van der Waals surface area contributed by atoms with E-state index in [2.05, 4.69) is 5.32 Å². The van der Waals surface area contributed by atoms with Crippen LogP contribution in [0.4, 0.5) is 4.79 Å². The van der Waals surface area contributed by atoms with Crippen LogP contribution in [0, 0.1) is 0 Å². The summed E-state index contributed by atoms with van der Waals surface area (Å²) >= 11 is 0. The molecule has 3 aromatic rings. The third-order valence-electron chi connectivity index (χ3n) is 4.19. The molecule has 4 rings (SSSR count). The Kier molecular flexibility index (Phi) is 4.18. The molecule has 134 valence electrons. The maximum atomic E-state index is 12.8. The van der Waals surface area contributed by atoms with Crippen molar-refractivity contribution in [1.82, 2.24) is 14.8 Å². The molecule has 1 aliphatic heterocycles. The van der Waals surface area contributed by atoms with Crippen LogP contribution in [0.25, 0.3) is 11.8 Å². The van der Waals surface area contributed by atoms with E-state index in [-0.39, 0.29) is 12.1 Å². The van der Waals surface area contributed by atoms with Crippen LogP contribution in [0.2, 0.25) is 0 Å². The predicted molar refractivity (Wildman–Crippen MR) is 96.5 cm³/mol. The Morgan fingerprint density at radius 1 is 0.963 bits per heavy atom. The number of nitrogens with zero attached hydrogens (tertiary/aromatic N) is 2. The number of amides is 4. The summed E-state index contributed by atoms with van der Waals surface area (Å²) in [6, 6.07) is 15.7. The van der Waals surface area contributed by atoms with E-state index < -0.39 is 17.8 Å². The average Bonchev–Trinajstić information content (AvgIpc) is 3.34. The van der Waals surface area contributed by atoms with Crippen LogP contribution in [0.3, 0.4) is 0 Å². The van der Waals surface area contributed by atoms with Crippen LogP contribution >= 0.6 is 0 Å². The number of rotatable bonds is 4. The number of urea groups is 1. The van der Waals surface area contributed by atoms with Crippen molar-refractivity contribution in [2.45, 2.75) is 6.54 Å². The fourth-order valence-electron chi connectivity index (χ4n) is 2.88.